The molecule has 112 valence electrons. The van der Waals surface area contributed by atoms with Crippen LogP contribution in [0.25, 0.3) is 0 Å². The van der Waals surface area contributed by atoms with Gasteiger partial charge in [0.25, 0.3) is 0 Å². The highest BCUT2D eigenvalue weighted by molar-refractivity contribution is 7.89. The van der Waals surface area contributed by atoms with E-state index in [0.717, 1.165) is 16.4 Å². The Labute approximate surface area is 126 Å². The summed E-state index contributed by atoms with van der Waals surface area (Å²) in [6.07, 6.45) is 0. The quantitative estimate of drug-likeness (QED) is 0.860. The molecule has 0 saturated heterocycles. The van der Waals surface area contributed by atoms with E-state index in [-0.39, 0.29) is 17.1 Å². The van der Waals surface area contributed by atoms with Crippen LogP contribution in [0.3, 0.4) is 0 Å². The summed E-state index contributed by atoms with van der Waals surface area (Å²) in [7, 11) is -2.83. The summed E-state index contributed by atoms with van der Waals surface area (Å²) in [6.45, 7) is -0.290. The molecule has 0 heterocycles. The molecule has 0 atom stereocenters. The summed E-state index contributed by atoms with van der Waals surface area (Å²) in [5.41, 5.74) is 0.0431. The van der Waals surface area contributed by atoms with Crippen LogP contribution in [0.4, 0.5) is 8.78 Å². The van der Waals surface area contributed by atoms with Crippen LogP contribution in [0.1, 0.15) is 5.56 Å². The molecule has 7 heteroatoms. The molecule has 0 saturated carbocycles. The Bertz CT molecular complexity index is 745. The predicted octanol–water partition coefficient (Wildman–Crippen LogP) is 3.44. The molecule has 0 radical (unpaired) electrons. The van der Waals surface area contributed by atoms with Crippen molar-refractivity contribution in [3.63, 3.8) is 0 Å². The van der Waals surface area contributed by atoms with E-state index in [1.165, 1.54) is 37.4 Å². The Kier molecular flexibility index (Phi) is 4.61. The molecule has 0 amide bonds. The Morgan fingerprint density at radius 2 is 1.67 bits per heavy atom. The Morgan fingerprint density at radius 3 is 2.29 bits per heavy atom. The summed E-state index contributed by atoms with van der Waals surface area (Å²) >= 11 is 5.87. The minimum absolute atomic E-state index is 0.0431. The summed E-state index contributed by atoms with van der Waals surface area (Å²) in [5, 5.41) is 0.116. The first-order valence-corrected chi connectivity index (χ1v) is 7.79. The molecule has 2 rings (SSSR count). The molecular weight excluding hydrogens is 320 g/mol. The van der Waals surface area contributed by atoms with E-state index in [2.05, 4.69) is 0 Å². The van der Waals surface area contributed by atoms with Gasteiger partial charge < -0.3 is 0 Å². The molecule has 0 spiro atoms. The highest BCUT2D eigenvalue weighted by Gasteiger charge is 2.25. The fourth-order valence-electron chi connectivity index (χ4n) is 1.81. The van der Waals surface area contributed by atoms with E-state index < -0.39 is 26.6 Å². The molecule has 0 bridgehead atoms. The first-order chi connectivity index (χ1) is 9.84. The van der Waals surface area contributed by atoms with Crippen molar-refractivity contribution in [1.29, 1.82) is 0 Å². The van der Waals surface area contributed by atoms with Gasteiger partial charge in [-0.1, -0.05) is 29.8 Å². The molecule has 2 aromatic rings. The highest BCUT2D eigenvalue weighted by Crippen LogP contribution is 2.24. The molecular formula is C14H12ClF2NO2S. The van der Waals surface area contributed by atoms with Gasteiger partial charge in [-0.25, -0.2) is 17.2 Å². The van der Waals surface area contributed by atoms with Gasteiger partial charge in [-0.05, 0) is 24.3 Å². The van der Waals surface area contributed by atoms with Crippen molar-refractivity contribution in [2.45, 2.75) is 11.4 Å². The molecule has 0 aliphatic carbocycles. The second-order valence-corrected chi connectivity index (χ2v) is 6.81. The van der Waals surface area contributed by atoms with Crippen LogP contribution in [-0.4, -0.2) is 19.8 Å². The van der Waals surface area contributed by atoms with Crippen LogP contribution in [-0.2, 0) is 16.6 Å². The average Bonchev–Trinajstić information content (AvgIpc) is 2.43. The number of sulfonamides is 1. The van der Waals surface area contributed by atoms with Crippen molar-refractivity contribution in [3.05, 3.63) is 64.7 Å². The van der Waals surface area contributed by atoms with Crippen LogP contribution in [0.15, 0.2) is 47.4 Å². The number of rotatable bonds is 4. The largest absolute Gasteiger partial charge is 0.246 e. The predicted molar refractivity (Wildman–Crippen MR) is 76.5 cm³/mol. The third-order valence-electron chi connectivity index (χ3n) is 2.97. The zero-order valence-electron chi connectivity index (χ0n) is 11.1. The minimum Gasteiger partial charge on any atom is -0.207 e. The van der Waals surface area contributed by atoms with E-state index >= 15 is 0 Å². The van der Waals surface area contributed by atoms with Crippen molar-refractivity contribution >= 4 is 21.6 Å². The second kappa shape index (κ2) is 6.09. The Balaban J connectivity index is 2.36. The van der Waals surface area contributed by atoms with Gasteiger partial charge >= 0.3 is 0 Å². The molecule has 0 aliphatic rings. The first-order valence-electron chi connectivity index (χ1n) is 5.98. The maximum absolute atomic E-state index is 13.7. The number of halogens is 3. The maximum Gasteiger partial charge on any atom is 0.246 e. The van der Waals surface area contributed by atoms with Crippen molar-refractivity contribution in [3.8, 4) is 0 Å². The number of benzene rings is 2. The third kappa shape index (κ3) is 3.23. The van der Waals surface area contributed by atoms with Crippen molar-refractivity contribution in [1.82, 2.24) is 4.31 Å². The molecule has 0 unspecified atom stereocenters. The van der Waals surface area contributed by atoms with Gasteiger partial charge in [0.2, 0.25) is 10.0 Å². The standard InChI is InChI=1S/C14H12ClF2NO2S/c1-18(9-10-11(15)5-4-7-12(10)16)21(19,20)14-8-3-2-6-13(14)17/h2-8H,9H2,1H3. The normalized spacial score (nSPS) is 11.9. The summed E-state index contributed by atoms with van der Waals surface area (Å²) in [5.74, 6) is -1.47. The minimum atomic E-state index is -4.07. The average molecular weight is 332 g/mol. The SMILES string of the molecule is CN(Cc1c(F)cccc1Cl)S(=O)(=O)c1ccccc1F. The van der Waals surface area contributed by atoms with Gasteiger partial charge in [0.05, 0.1) is 0 Å². The molecule has 0 aliphatic heterocycles. The topological polar surface area (TPSA) is 37.4 Å². The highest BCUT2D eigenvalue weighted by atomic mass is 35.5. The van der Waals surface area contributed by atoms with E-state index in [9.17, 15) is 17.2 Å². The van der Waals surface area contributed by atoms with Gasteiger partial charge in [0.1, 0.15) is 16.5 Å². The monoisotopic (exact) mass is 331 g/mol. The van der Waals surface area contributed by atoms with E-state index in [1.54, 1.807) is 0 Å². The lowest BCUT2D eigenvalue weighted by molar-refractivity contribution is 0.451. The van der Waals surface area contributed by atoms with Crippen LogP contribution >= 0.6 is 11.6 Å². The third-order valence-corrected chi connectivity index (χ3v) is 5.16. The summed E-state index contributed by atoms with van der Waals surface area (Å²) in [6, 6.07) is 9.09. The van der Waals surface area contributed by atoms with Crippen LogP contribution < -0.4 is 0 Å². The molecule has 0 fully saturated rings. The van der Waals surface area contributed by atoms with Gasteiger partial charge in [-0.15, -0.1) is 0 Å². The maximum atomic E-state index is 13.7. The lowest BCUT2D eigenvalue weighted by Crippen LogP contribution is -2.27. The van der Waals surface area contributed by atoms with Crippen molar-refractivity contribution in [2.75, 3.05) is 7.05 Å². The van der Waals surface area contributed by atoms with E-state index in [4.69, 9.17) is 11.6 Å². The smallest absolute Gasteiger partial charge is 0.207 e. The van der Waals surface area contributed by atoms with Crippen molar-refractivity contribution < 1.29 is 17.2 Å². The van der Waals surface area contributed by atoms with Crippen LogP contribution in [0, 0.1) is 11.6 Å². The summed E-state index contributed by atoms with van der Waals surface area (Å²) < 4.78 is 52.8. The van der Waals surface area contributed by atoms with Gasteiger partial charge in [0, 0.05) is 24.2 Å². The summed E-state index contributed by atoms with van der Waals surface area (Å²) in [4.78, 5) is -0.458. The fraction of sp³-hybridized carbons (Fsp3) is 0.143. The number of hydrogen-bond acceptors (Lipinski definition) is 2. The molecule has 3 nitrogen and oxygen atoms in total. The Hall–Kier alpha value is -1.50. The zero-order chi connectivity index (χ0) is 15.6. The van der Waals surface area contributed by atoms with E-state index in [1.807, 2.05) is 0 Å². The zero-order valence-corrected chi connectivity index (χ0v) is 12.6. The lowest BCUT2D eigenvalue weighted by Gasteiger charge is -2.18. The van der Waals surface area contributed by atoms with Gasteiger partial charge in [-0.3, -0.25) is 0 Å². The van der Waals surface area contributed by atoms with Crippen molar-refractivity contribution in [2.24, 2.45) is 0 Å². The molecule has 0 aromatic heterocycles. The van der Waals surface area contributed by atoms with Crippen LogP contribution in [0.5, 0.6) is 0 Å². The second-order valence-electron chi connectivity index (χ2n) is 4.39. The number of hydrogen-bond donors (Lipinski definition) is 0. The lowest BCUT2D eigenvalue weighted by atomic mass is 10.2. The van der Waals surface area contributed by atoms with Crippen LogP contribution in [0.2, 0.25) is 5.02 Å². The Morgan fingerprint density at radius 1 is 1.05 bits per heavy atom. The number of nitrogens with zero attached hydrogens (tertiary/aromatic N) is 1. The molecule has 2 aromatic carbocycles. The van der Waals surface area contributed by atoms with Gasteiger partial charge in [-0.2, -0.15) is 4.31 Å². The molecule has 21 heavy (non-hydrogen) atoms. The molecule has 0 N–H and O–H groups in total. The first kappa shape index (κ1) is 15.9. The van der Waals surface area contributed by atoms with E-state index in [0.29, 0.717) is 0 Å². The van der Waals surface area contributed by atoms with Gasteiger partial charge in [0.15, 0.2) is 0 Å². The fourth-order valence-corrected chi connectivity index (χ4v) is 3.24.